The molecule has 2 N–H and O–H groups in total. The predicted octanol–water partition coefficient (Wildman–Crippen LogP) is 5.22. The topological polar surface area (TPSA) is 121 Å². The molecule has 0 aliphatic carbocycles. The van der Waals surface area contributed by atoms with Crippen LogP contribution >= 0.6 is 0 Å². The minimum absolute atomic E-state index is 0.0173. The normalized spacial score (nSPS) is 13.6. The highest BCUT2D eigenvalue weighted by Gasteiger charge is 2.35. The molecule has 0 radical (unpaired) electrons. The Morgan fingerprint density at radius 3 is 2.45 bits per heavy atom. The standard InChI is InChI=1S/C25H22F3N5O4S/c1-14(2)15-3-7-18(8-4-15)38(35,36)33-12-17-6-10-21(25(26,27)28)30-23(17)29-19-9-5-16(11-20(19)33)24-31-22(13-34)37-32-24/h3-11,14,34H,12-13H2,1-2H3,(H,29,30). The summed E-state index contributed by atoms with van der Waals surface area (Å²) >= 11 is 0. The quantitative estimate of drug-likeness (QED) is 0.350. The first kappa shape index (κ1) is 25.7. The first-order chi connectivity index (χ1) is 18.0. The zero-order chi connectivity index (χ0) is 27.2. The number of alkyl halides is 3. The number of hydrogen-bond acceptors (Lipinski definition) is 8. The molecular formula is C25H22F3N5O4S. The number of nitrogens with zero attached hydrogens (tertiary/aromatic N) is 4. The highest BCUT2D eigenvalue weighted by Crippen LogP contribution is 2.41. The smallest absolute Gasteiger partial charge is 0.387 e. The summed E-state index contributed by atoms with van der Waals surface area (Å²) in [6.45, 7) is 3.21. The fraction of sp³-hybridized carbons (Fsp3) is 0.240. The van der Waals surface area contributed by atoms with E-state index >= 15 is 0 Å². The highest BCUT2D eigenvalue weighted by molar-refractivity contribution is 7.92. The van der Waals surface area contributed by atoms with E-state index in [4.69, 9.17) is 4.52 Å². The molecule has 0 unspecified atom stereocenters. The lowest BCUT2D eigenvalue weighted by molar-refractivity contribution is -0.141. The van der Waals surface area contributed by atoms with E-state index in [0.717, 1.165) is 15.9 Å². The number of anilines is 3. The van der Waals surface area contributed by atoms with E-state index in [1.165, 1.54) is 30.3 Å². The van der Waals surface area contributed by atoms with Crippen molar-refractivity contribution in [2.24, 2.45) is 0 Å². The van der Waals surface area contributed by atoms with Gasteiger partial charge in [0.15, 0.2) is 0 Å². The number of fused-ring (bicyclic) bond motifs is 2. The number of sulfonamides is 1. The first-order valence-corrected chi connectivity index (χ1v) is 13.0. The molecule has 5 rings (SSSR count). The van der Waals surface area contributed by atoms with Gasteiger partial charge in [-0.3, -0.25) is 4.31 Å². The van der Waals surface area contributed by atoms with Crippen LogP contribution in [0.3, 0.4) is 0 Å². The third-order valence-corrected chi connectivity index (χ3v) is 7.87. The fourth-order valence-corrected chi connectivity index (χ4v) is 5.49. The minimum Gasteiger partial charge on any atom is -0.387 e. The van der Waals surface area contributed by atoms with Gasteiger partial charge in [-0.15, -0.1) is 0 Å². The largest absolute Gasteiger partial charge is 0.433 e. The maximum absolute atomic E-state index is 13.9. The van der Waals surface area contributed by atoms with Crippen molar-refractivity contribution in [3.05, 3.63) is 77.3 Å². The summed E-state index contributed by atoms with van der Waals surface area (Å²) in [6, 6.07) is 13.0. The number of benzene rings is 2. The summed E-state index contributed by atoms with van der Waals surface area (Å²) in [5.41, 5.74) is 0.838. The molecule has 2 aromatic heterocycles. The van der Waals surface area contributed by atoms with Gasteiger partial charge in [0.2, 0.25) is 5.82 Å². The van der Waals surface area contributed by atoms with E-state index in [1.807, 2.05) is 13.8 Å². The van der Waals surface area contributed by atoms with Crippen LogP contribution in [0.5, 0.6) is 0 Å². The van der Waals surface area contributed by atoms with Crippen LogP contribution in [0.15, 0.2) is 64.0 Å². The second-order valence-corrected chi connectivity index (χ2v) is 10.8. The number of pyridine rings is 1. The Morgan fingerprint density at radius 2 is 1.82 bits per heavy atom. The van der Waals surface area contributed by atoms with Crippen molar-refractivity contribution in [1.82, 2.24) is 15.1 Å². The first-order valence-electron chi connectivity index (χ1n) is 11.5. The van der Waals surface area contributed by atoms with Crippen LogP contribution in [0.1, 0.15) is 42.5 Å². The van der Waals surface area contributed by atoms with Crippen LogP contribution < -0.4 is 9.62 Å². The number of rotatable bonds is 5. The van der Waals surface area contributed by atoms with E-state index in [0.29, 0.717) is 5.56 Å². The van der Waals surface area contributed by atoms with Crippen molar-refractivity contribution in [2.75, 3.05) is 9.62 Å². The van der Waals surface area contributed by atoms with E-state index in [2.05, 4.69) is 20.4 Å². The summed E-state index contributed by atoms with van der Waals surface area (Å²) in [6.07, 6.45) is -4.68. The molecule has 198 valence electrons. The van der Waals surface area contributed by atoms with Gasteiger partial charge in [0.25, 0.3) is 15.9 Å². The molecule has 0 amide bonds. The maximum Gasteiger partial charge on any atom is 0.433 e. The second-order valence-electron chi connectivity index (χ2n) is 8.96. The zero-order valence-corrected chi connectivity index (χ0v) is 21.0. The highest BCUT2D eigenvalue weighted by atomic mass is 32.2. The van der Waals surface area contributed by atoms with Crippen molar-refractivity contribution in [3.63, 3.8) is 0 Å². The molecule has 0 atom stereocenters. The number of hydrogen-bond donors (Lipinski definition) is 2. The van der Waals surface area contributed by atoms with Crippen molar-refractivity contribution in [3.8, 4) is 11.4 Å². The third kappa shape index (κ3) is 4.70. The molecule has 1 aliphatic heterocycles. The Kier molecular flexibility index (Phi) is 6.35. The van der Waals surface area contributed by atoms with Crippen LogP contribution in [0.25, 0.3) is 11.4 Å². The zero-order valence-electron chi connectivity index (χ0n) is 20.2. The lowest BCUT2D eigenvalue weighted by atomic mass is 10.0. The molecule has 0 spiro atoms. The second kappa shape index (κ2) is 9.40. The van der Waals surface area contributed by atoms with Crippen LogP contribution in [0.4, 0.5) is 30.4 Å². The Morgan fingerprint density at radius 1 is 1.08 bits per heavy atom. The number of aliphatic hydroxyl groups excluding tert-OH is 1. The molecule has 13 heteroatoms. The lowest BCUT2D eigenvalue weighted by Gasteiger charge is -2.25. The Balaban J connectivity index is 1.67. The minimum atomic E-state index is -4.68. The van der Waals surface area contributed by atoms with Crippen LogP contribution in [0, 0.1) is 0 Å². The van der Waals surface area contributed by atoms with Gasteiger partial charge >= 0.3 is 6.18 Å². The summed E-state index contributed by atoms with van der Waals surface area (Å²) < 4.78 is 74.0. The van der Waals surface area contributed by atoms with Gasteiger partial charge in [-0.2, -0.15) is 18.2 Å². The van der Waals surface area contributed by atoms with Gasteiger partial charge in [-0.1, -0.05) is 37.2 Å². The average Bonchev–Trinajstić information content (AvgIpc) is 3.30. The van der Waals surface area contributed by atoms with Crippen LogP contribution in [-0.2, 0) is 29.4 Å². The maximum atomic E-state index is 13.9. The van der Waals surface area contributed by atoms with Crippen molar-refractivity contribution >= 4 is 27.2 Å². The third-order valence-electron chi connectivity index (χ3n) is 6.10. The Hall–Kier alpha value is -3.97. The fourth-order valence-electron chi connectivity index (χ4n) is 4.03. The van der Waals surface area contributed by atoms with Crippen LogP contribution in [-0.4, -0.2) is 28.6 Å². The number of nitrogens with one attached hydrogen (secondary N) is 1. The summed E-state index contributed by atoms with van der Waals surface area (Å²) in [7, 11) is -4.18. The van der Waals surface area contributed by atoms with E-state index in [-0.39, 0.29) is 51.8 Å². The van der Waals surface area contributed by atoms with Gasteiger partial charge in [-0.25, -0.2) is 13.4 Å². The molecule has 2 aromatic carbocycles. The molecule has 9 nitrogen and oxygen atoms in total. The van der Waals surface area contributed by atoms with E-state index in [9.17, 15) is 26.7 Å². The van der Waals surface area contributed by atoms with Gasteiger partial charge < -0.3 is 14.9 Å². The van der Waals surface area contributed by atoms with Gasteiger partial charge in [-0.05, 0) is 47.9 Å². The van der Waals surface area contributed by atoms with Gasteiger partial charge in [0.05, 0.1) is 22.8 Å². The predicted molar refractivity (Wildman–Crippen MR) is 132 cm³/mol. The summed E-state index contributed by atoms with van der Waals surface area (Å²) in [4.78, 5) is 7.82. The van der Waals surface area contributed by atoms with Crippen molar-refractivity contribution < 1.29 is 31.2 Å². The van der Waals surface area contributed by atoms with E-state index < -0.39 is 28.5 Å². The van der Waals surface area contributed by atoms with Crippen molar-refractivity contribution in [1.29, 1.82) is 0 Å². The van der Waals surface area contributed by atoms with E-state index in [1.54, 1.807) is 18.2 Å². The molecule has 0 saturated heterocycles. The molecule has 0 saturated carbocycles. The lowest BCUT2D eigenvalue weighted by Crippen LogP contribution is -2.30. The summed E-state index contributed by atoms with van der Waals surface area (Å²) in [5.74, 6) is 0.162. The summed E-state index contributed by atoms with van der Waals surface area (Å²) in [5, 5.41) is 15.9. The SMILES string of the molecule is CC(C)c1ccc(S(=O)(=O)N2Cc3ccc(C(F)(F)F)nc3Nc3ccc(-c4noc(CO)n4)cc32)cc1. The molecule has 38 heavy (non-hydrogen) atoms. The van der Waals surface area contributed by atoms with Crippen LogP contribution in [0.2, 0.25) is 0 Å². The average molecular weight is 546 g/mol. The number of aliphatic hydroxyl groups is 1. The molecule has 3 heterocycles. The number of halogens is 3. The Bertz CT molecular complexity index is 1600. The molecular weight excluding hydrogens is 523 g/mol. The van der Waals surface area contributed by atoms with Gasteiger partial charge in [0, 0.05) is 11.1 Å². The monoisotopic (exact) mass is 545 g/mol. The Labute approximate surface area is 216 Å². The molecule has 0 fully saturated rings. The van der Waals surface area contributed by atoms with Gasteiger partial charge in [0.1, 0.15) is 18.1 Å². The molecule has 0 bridgehead atoms. The molecule has 4 aromatic rings. The number of aromatic nitrogens is 3. The molecule has 1 aliphatic rings. The van der Waals surface area contributed by atoms with Crippen molar-refractivity contribution in [2.45, 2.75) is 44.0 Å².